The number of nitrogens with zero attached hydrogens (tertiary/aromatic N) is 1. The molecule has 20 heavy (non-hydrogen) atoms. The molecule has 0 spiro atoms. The maximum Gasteiger partial charge on any atom is 0.417 e. The van der Waals surface area contributed by atoms with Crippen LogP contribution in [0.4, 0.5) is 13.2 Å². The third kappa shape index (κ3) is 3.19. The lowest BCUT2D eigenvalue weighted by atomic mass is 9.75. The molecule has 0 saturated heterocycles. The highest BCUT2D eigenvalue weighted by Crippen LogP contribution is 2.34. The quantitative estimate of drug-likeness (QED) is 0.765. The van der Waals surface area contributed by atoms with Crippen molar-refractivity contribution in [2.24, 2.45) is 11.8 Å². The maximum absolute atomic E-state index is 12.5. The van der Waals surface area contributed by atoms with E-state index in [0.29, 0.717) is 5.92 Å². The van der Waals surface area contributed by atoms with Gasteiger partial charge in [-0.05, 0) is 30.9 Å². The Labute approximate surface area is 116 Å². The number of carbonyl (C=O) groups is 1. The molecule has 2 nitrogen and oxygen atoms in total. The molecule has 2 unspecified atom stereocenters. The Kier molecular flexibility index (Phi) is 4.45. The van der Waals surface area contributed by atoms with E-state index in [-0.39, 0.29) is 17.4 Å². The van der Waals surface area contributed by atoms with Crippen LogP contribution in [0, 0.1) is 11.8 Å². The molecule has 1 aliphatic rings. The Bertz CT molecular complexity index is 467. The normalized spacial score (nSPS) is 23.6. The number of alkyl halides is 3. The molecule has 0 aromatic carbocycles. The minimum absolute atomic E-state index is 0.0852. The van der Waals surface area contributed by atoms with Gasteiger partial charge in [0, 0.05) is 12.1 Å². The molecule has 0 aliphatic heterocycles. The lowest BCUT2D eigenvalue weighted by Crippen LogP contribution is -2.27. The Morgan fingerprint density at radius 1 is 1.30 bits per heavy atom. The third-order valence-electron chi connectivity index (χ3n) is 4.11. The first-order valence-corrected chi connectivity index (χ1v) is 7.01. The Hall–Kier alpha value is -1.39. The van der Waals surface area contributed by atoms with Crippen LogP contribution in [-0.2, 0) is 6.18 Å². The van der Waals surface area contributed by atoms with E-state index in [1.54, 1.807) is 0 Å². The molecule has 110 valence electrons. The predicted octanol–water partition coefficient (Wildman–Crippen LogP) is 4.50. The van der Waals surface area contributed by atoms with Gasteiger partial charge in [0.05, 0.1) is 5.56 Å². The van der Waals surface area contributed by atoms with Crippen molar-refractivity contribution >= 4 is 5.78 Å². The lowest BCUT2D eigenvalue weighted by molar-refractivity contribution is -0.137. The Morgan fingerprint density at radius 2 is 2.00 bits per heavy atom. The van der Waals surface area contributed by atoms with Gasteiger partial charge >= 0.3 is 6.18 Å². The molecule has 1 aromatic rings. The number of hydrogen-bond donors (Lipinski definition) is 0. The van der Waals surface area contributed by atoms with Crippen molar-refractivity contribution in [3.63, 3.8) is 0 Å². The van der Waals surface area contributed by atoms with Gasteiger partial charge in [0.25, 0.3) is 0 Å². The smallest absolute Gasteiger partial charge is 0.292 e. The minimum Gasteiger partial charge on any atom is -0.292 e. The summed E-state index contributed by atoms with van der Waals surface area (Å²) < 4.78 is 37.4. The average molecular weight is 285 g/mol. The van der Waals surface area contributed by atoms with E-state index in [1.165, 1.54) is 6.07 Å². The number of halogens is 3. The molecular weight excluding hydrogens is 267 g/mol. The molecule has 1 fully saturated rings. The van der Waals surface area contributed by atoms with Crippen molar-refractivity contribution < 1.29 is 18.0 Å². The fraction of sp³-hybridized carbons (Fsp3) is 0.600. The van der Waals surface area contributed by atoms with Crippen LogP contribution >= 0.6 is 0 Å². The van der Waals surface area contributed by atoms with Crippen LogP contribution in [-0.4, -0.2) is 10.8 Å². The molecule has 1 saturated carbocycles. The van der Waals surface area contributed by atoms with Crippen LogP contribution in [0.1, 0.15) is 55.1 Å². The summed E-state index contributed by atoms with van der Waals surface area (Å²) in [6, 6.07) is 2.14. The van der Waals surface area contributed by atoms with E-state index in [2.05, 4.69) is 11.9 Å². The predicted molar refractivity (Wildman–Crippen MR) is 69.3 cm³/mol. The minimum atomic E-state index is -4.41. The topological polar surface area (TPSA) is 30.0 Å². The molecule has 1 aliphatic carbocycles. The standard InChI is InChI=1S/C15H18F3NO/c1-2-10-5-3-4-6-12(10)14(20)13-8-7-11(9-19-13)15(16,17)18/h7-10,12H,2-6H2,1H3. The van der Waals surface area contributed by atoms with Gasteiger partial charge in [0.1, 0.15) is 5.69 Å². The van der Waals surface area contributed by atoms with Gasteiger partial charge in [-0.2, -0.15) is 13.2 Å². The zero-order chi connectivity index (χ0) is 14.8. The number of Topliss-reactive ketones (excluding diaryl/α,β-unsaturated/α-hetero) is 1. The summed E-state index contributed by atoms with van der Waals surface area (Å²) in [7, 11) is 0. The highest BCUT2D eigenvalue weighted by Gasteiger charge is 2.33. The van der Waals surface area contributed by atoms with Crippen molar-refractivity contribution in [3.8, 4) is 0 Å². The van der Waals surface area contributed by atoms with Gasteiger partial charge in [0.2, 0.25) is 0 Å². The van der Waals surface area contributed by atoms with Crippen LogP contribution in [0.15, 0.2) is 18.3 Å². The van der Waals surface area contributed by atoms with Gasteiger partial charge in [-0.3, -0.25) is 9.78 Å². The average Bonchev–Trinajstić information content (AvgIpc) is 2.45. The number of hydrogen-bond acceptors (Lipinski definition) is 2. The first kappa shape index (κ1) is 15.0. The molecule has 5 heteroatoms. The molecular formula is C15H18F3NO. The van der Waals surface area contributed by atoms with Gasteiger partial charge in [-0.25, -0.2) is 0 Å². The summed E-state index contributed by atoms with van der Waals surface area (Å²) in [5, 5.41) is 0. The summed E-state index contributed by atoms with van der Waals surface area (Å²) in [5.41, 5.74) is -0.659. The van der Waals surface area contributed by atoms with Gasteiger partial charge in [-0.15, -0.1) is 0 Å². The molecule has 1 aromatic heterocycles. The summed E-state index contributed by atoms with van der Waals surface area (Å²) in [5.74, 6) is 0.142. The second-order valence-corrected chi connectivity index (χ2v) is 5.35. The Balaban J connectivity index is 2.16. The molecule has 0 bridgehead atoms. The molecule has 2 rings (SSSR count). The van der Waals surface area contributed by atoms with Crippen molar-refractivity contribution in [2.45, 2.75) is 45.2 Å². The number of ketones is 1. The van der Waals surface area contributed by atoms with E-state index in [0.717, 1.165) is 44.4 Å². The molecule has 2 atom stereocenters. The van der Waals surface area contributed by atoms with Gasteiger partial charge < -0.3 is 0 Å². The third-order valence-corrected chi connectivity index (χ3v) is 4.11. The van der Waals surface area contributed by atoms with Crippen molar-refractivity contribution in [2.75, 3.05) is 0 Å². The highest BCUT2D eigenvalue weighted by molar-refractivity contribution is 5.96. The van der Waals surface area contributed by atoms with E-state index in [1.807, 2.05) is 0 Å². The Morgan fingerprint density at radius 3 is 2.55 bits per heavy atom. The zero-order valence-corrected chi connectivity index (χ0v) is 11.4. The maximum atomic E-state index is 12.5. The van der Waals surface area contributed by atoms with Crippen molar-refractivity contribution in [1.29, 1.82) is 0 Å². The molecule has 0 radical (unpaired) electrons. The van der Waals surface area contributed by atoms with Crippen LogP contribution in [0.3, 0.4) is 0 Å². The van der Waals surface area contributed by atoms with E-state index in [4.69, 9.17) is 0 Å². The summed E-state index contributed by atoms with van der Waals surface area (Å²) in [6.07, 6.45) is 1.24. The first-order chi connectivity index (χ1) is 9.43. The number of carbonyl (C=O) groups excluding carboxylic acids is 1. The molecule has 0 N–H and O–H groups in total. The molecule has 0 amide bonds. The summed E-state index contributed by atoms with van der Waals surface area (Å²) in [4.78, 5) is 16.1. The lowest BCUT2D eigenvalue weighted by Gasteiger charge is -2.29. The van der Waals surface area contributed by atoms with E-state index >= 15 is 0 Å². The molecule has 1 heterocycles. The van der Waals surface area contributed by atoms with Crippen molar-refractivity contribution in [1.82, 2.24) is 4.98 Å². The van der Waals surface area contributed by atoms with Crippen molar-refractivity contribution in [3.05, 3.63) is 29.6 Å². The zero-order valence-electron chi connectivity index (χ0n) is 11.4. The van der Waals surface area contributed by atoms with Crippen LogP contribution < -0.4 is 0 Å². The fourth-order valence-electron chi connectivity index (χ4n) is 2.94. The fourth-order valence-corrected chi connectivity index (χ4v) is 2.94. The number of rotatable bonds is 3. The monoisotopic (exact) mass is 285 g/mol. The van der Waals surface area contributed by atoms with Crippen LogP contribution in [0.5, 0.6) is 0 Å². The van der Waals surface area contributed by atoms with Gasteiger partial charge in [0.15, 0.2) is 5.78 Å². The second kappa shape index (κ2) is 5.94. The largest absolute Gasteiger partial charge is 0.417 e. The summed E-state index contributed by atoms with van der Waals surface area (Å²) >= 11 is 0. The van der Waals surface area contributed by atoms with Crippen LogP contribution in [0.25, 0.3) is 0 Å². The van der Waals surface area contributed by atoms with E-state index in [9.17, 15) is 18.0 Å². The highest BCUT2D eigenvalue weighted by atomic mass is 19.4. The second-order valence-electron chi connectivity index (χ2n) is 5.35. The van der Waals surface area contributed by atoms with Crippen LogP contribution in [0.2, 0.25) is 0 Å². The first-order valence-electron chi connectivity index (χ1n) is 7.01. The number of aromatic nitrogens is 1. The number of pyridine rings is 1. The SMILES string of the molecule is CCC1CCCCC1C(=O)c1ccc(C(F)(F)F)cn1. The van der Waals surface area contributed by atoms with Gasteiger partial charge in [-0.1, -0.05) is 26.2 Å². The summed E-state index contributed by atoms with van der Waals surface area (Å²) in [6.45, 7) is 2.05. The van der Waals surface area contributed by atoms with E-state index < -0.39 is 11.7 Å².